The number of benzene rings is 1. The van der Waals surface area contributed by atoms with Gasteiger partial charge in [-0.2, -0.15) is 4.98 Å². The van der Waals surface area contributed by atoms with E-state index in [9.17, 15) is 4.79 Å². The molecule has 7 heteroatoms. The monoisotopic (exact) mass is 243 g/mol. The maximum absolute atomic E-state index is 11.1. The Bertz CT molecular complexity index is 789. The molecule has 0 spiro atoms. The molecule has 0 amide bonds. The summed E-state index contributed by atoms with van der Waals surface area (Å²) in [5.74, 6) is -0.0922. The third kappa shape index (κ3) is 1.58. The zero-order valence-electron chi connectivity index (χ0n) is 9.18. The number of H-pyrrole nitrogens is 1. The lowest BCUT2D eigenvalue weighted by Gasteiger charge is -2.04. The average molecular weight is 243 g/mol. The summed E-state index contributed by atoms with van der Waals surface area (Å²) in [6.45, 7) is 0. The van der Waals surface area contributed by atoms with Crippen molar-refractivity contribution in [3.05, 3.63) is 34.9 Å². The van der Waals surface area contributed by atoms with Gasteiger partial charge in [0, 0.05) is 11.8 Å². The van der Waals surface area contributed by atoms with Crippen molar-refractivity contribution in [2.45, 2.75) is 0 Å². The Morgan fingerprint density at radius 3 is 2.89 bits per heavy atom. The Hall–Kier alpha value is -2.83. The van der Waals surface area contributed by atoms with E-state index >= 15 is 0 Å². The second-order valence-corrected chi connectivity index (χ2v) is 3.75. The number of nitrogens with zero attached hydrogens (tertiary/aromatic N) is 2. The first-order valence-corrected chi connectivity index (χ1v) is 5.15. The van der Waals surface area contributed by atoms with Crippen LogP contribution in [-0.2, 0) is 0 Å². The van der Waals surface area contributed by atoms with Gasteiger partial charge in [0.1, 0.15) is 5.82 Å². The summed E-state index contributed by atoms with van der Waals surface area (Å²) >= 11 is 0. The minimum Gasteiger partial charge on any atom is -0.408 e. The van der Waals surface area contributed by atoms with Crippen LogP contribution in [0.25, 0.3) is 22.2 Å². The molecule has 0 unspecified atom stereocenters. The number of aromatic amines is 1. The SMILES string of the molecule is Nc1ncc(-c2ccc3oc(=O)[nH]c3c2)c(N)n1. The van der Waals surface area contributed by atoms with E-state index in [1.807, 2.05) is 0 Å². The molecule has 0 aliphatic heterocycles. The van der Waals surface area contributed by atoms with Gasteiger partial charge in [0.15, 0.2) is 5.58 Å². The quantitative estimate of drug-likeness (QED) is 0.579. The highest BCUT2D eigenvalue weighted by atomic mass is 16.4. The molecule has 7 nitrogen and oxygen atoms in total. The topological polar surface area (TPSA) is 124 Å². The maximum Gasteiger partial charge on any atom is 0.417 e. The van der Waals surface area contributed by atoms with E-state index in [0.29, 0.717) is 16.7 Å². The molecule has 0 saturated carbocycles. The molecule has 2 aromatic heterocycles. The van der Waals surface area contributed by atoms with Crippen LogP contribution in [-0.4, -0.2) is 15.0 Å². The van der Waals surface area contributed by atoms with Gasteiger partial charge in [-0.1, -0.05) is 6.07 Å². The molecule has 0 atom stereocenters. The van der Waals surface area contributed by atoms with Crippen molar-refractivity contribution < 1.29 is 4.42 Å². The first kappa shape index (κ1) is 10.3. The van der Waals surface area contributed by atoms with Crippen LogP contribution in [0.1, 0.15) is 0 Å². The fourth-order valence-electron chi connectivity index (χ4n) is 1.75. The zero-order chi connectivity index (χ0) is 12.7. The van der Waals surface area contributed by atoms with Crippen LogP contribution in [0.4, 0.5) is 11.8 Å². The summed E-state index contributed by atoms with van der Waals surface area (Å²) < 4.78 is 4.91. The highest BCUT2D eigenvalue weighted by Crippen LogP contribution is 2.26. The van der Waals surface area contributed by atoms with Gasteiger partial charge in [-0.3, -0.25) is 4.98 Å². The van der Waals surface area contributed by atoms with E-state index < -0.39 is 5.76 Å². The van der Waals surface area contributed by atoms with Crippen LogP contribution in [0.5, 0.6) is 0 Å². The van der Waals surface area contributed by atoms with Gasteiger partial charge in [0.05, 0.1) is 5.52 Å². The van der Waals surface area contributed by atoms with Crippen molar-refractivity contribution in [1.29, 1.82) is 0 Å². The number of rotatable bonds is 1. The number of hydrogen-bond donors (Lipinski definition) is 3. The average Bonchev–Trinajstić information content (AvgIpc) is 2.68. The van der Waals surface area contributed by atoms with Gasteiger partial charge in [0.2, 0.25) is 5.95 Å². The van der Waals surface area contributed by atoms with Crippen LogP contribution in [0, 0.1) is 0 Å². The molecule has 0 bridgehead atoms. The fraction of sp³-hybridized carbons (Fsp3) is 0. The van der Waals surface area contributed by atoms with E-state index in [4.69, 9.17) is 15.9 Å². The Labute approximate surface area is 100 Å². The Balaban J connectivity index is 2.21. The van der Waals surface area contributed by atoms with Crippen molar-refractivity contribution in [2.75, 3.05) is 11.5 Å². The molecule has 0 aliphatic rings. The lowest BCUT2D eigenvalue weighted by Crippen LogP contribution is -2.00. The first-order chi connectivity index (χ1) is 8.63. The van der Waals surface area contributed by atoms with Gasteiger partial charge < -0.3 is 15.9 Å². The fourth-order valence-corrected chi connectivity index (χ4v) is 1.75. The van der Waals surface area contributed by atoms with E-state index in [-0.39, 0.29) is 11.8 Å². The largest absolute Gasteiger partial charge is 0.417 e. The number of nitrogens with one attached hydrogen (secondary N) is 1. The van der Waals surface area contributed by atoms with Gasteiger partial charge in [-0.15, -0.1) is 0 Å². The highest BCUT2D eigenvalue weighted by molar-refractivity contribution is 5.83. The predicted molar refractivity (Wildman–Crippen MR) is 66.7 cm³/mol. The minimum atomic E-state index is -0.497. The molecule has 2 heterocycles. The van der Waals surface area contributed by atoms with E-state index in [1.165, 1.54) is 6.20 Å². The third-order valence-corrected chi connectivity index (χ3v) is 2.57. The van der Waals surface area contributed by atoms with Crippen molar-refractivity contribution in [3.63, 3.8) is 0 Å². The van der Waals surface area contributed by atoms with Crippen molar-refractivity contribution in [2.24, 2.45) is 0 Å². The molecule has 1 aromatic carbocycles. The number of nitrogen functional groups attached to an aromatic ring is 2. The van der Waals surface area contributed by atoms with Gasteiger partial charge in [0.25, 0.3) is 0 Å². The van der Waals surface area contributed by atoms with E-state index in [2.05, 4.69) is 15.0 Å². The Morgan fingerprint density at radius 1 is 1.28 bits per heavy atom. The molecule has 3 rings (SSSR count). The molecule has 90 valence electrons. The summed E-state index contributed by atoms with van der Waals surface area (Å²) in [4.78, 5) is 21.4. The molecular formula is C11H9N5O2. The summed E-state index contributed by atoms with van der Waals surface area (Å²) in [5, 5.41) is 0. The molecular weight excluding hydrogens is 234 g/mol. The summed E-state index contributed by atoms with van der Waals surface area (Å²) in [7, 11) is 0. The molecule has 5 N–H and O–H groups in total. The van der Waals surface area contributed by atoms with Crippen LogP contribution in [0.2, 0.25) is 0 Å². The number of nitrogens with two attached hydrogens (primary N) is 2. The lowest BCUT2D eigenvalue weighted by atomic mass is 10.1. The van der Waals surface area contributed by atoms with Gasteiger partial charge in [-0.05, 0) is 17.7 Å². The number of anilines is 2. The second-order valence-electron chi connectivity index (χ2n) is 3.75. The smallest absolute Gasteiger partial charge is 0.408 e. The van der Waals surface area contributed by atoms with E-state index in [1.54, 1.807) is 18.2 Å². The highest BCUT2D eigenvalue weighted by Gasteiger charge is 2.08. The normalized spacial score (nSPS) is 10.9. The number of oxazole rings is 1. The summed E-state index contributed by atoms with van der Waals surface area (Å²) in [6.07, 6.45) is 1.54. The molecule has 0 fully saturated rings. The van der Waals surface area contributed by atoms with Crippen molar-refractivity contribution in [3.8, 4) is 11.1 Å². The van der Waals surface area contributed by atoms with Gasteiger partial charge in [-0.25, -0.2) is 9.78 Å². The summed E-state index contributed by atoms with van der Waals surface area (Å²) in [6, 6.07) is 5.19. The standard InChI is InChI=1S/C11H9N5O2/c12-9-6(4-14-10(13)16-9)5-1-2-8-7(3-5)15-11(17)18-8/h1-4H,(H,15,17)(H4,12,13,14,16). The first-order valence-electron chi connectivity index (χ1n) is 5.15. The third-order valence-electron chi connectivity index (χ3n) is 2.57. The molecule has 0 aliphatic carbocycles. The van der Waals surface area contributed by atoms with Crippen LogP contribution in [0.3, 0.4) is 0 Å². The van der Waals surface area contributed by atoms with Crippen LogP contribution < -0.4 is 17.2 Å². The summed E-state index contributed by atoms with van der Waals surface area (Å²) in [5.41, 5.74) is 13.7. The lowest BCUT2D eigenvalue weighted by molar-refractivity contribution is 0.555. The molecule has 18 heavy (non-hydrogen) atoms. The Kier molecular flexibility index (Phi) is 2.06. The molecule has 0 saturated heterocycles. The maximum atomic E-state index is 11.1. The van der Waals surface area contributed by atoms with Crippen molar-refractivity contribution in [1.82, 2.24) is 15.0 Å². The van der Waals surface area contributed by atoms with Crippen molar-refractivity contribution >= 4 is 22.9 Å². The zero-order valence-corrected chi connectivity index (χ0v) is 9.18. The minimum absolute atomic E-state index is 0.119. The van der Waals surface area contributed by atoms with Gasteiger partial charge >= 0.3 is 5.76 Å². The van der Waals surface area contributed by atoms with E-state index in [0.717, 1.165) is 5.56 Å². The van der Waals surface area contributed by atoms with Crippen LogP contribution >= 0.6 is 0 Å². The molecule has 3 aromatic rings. The predicted octanol–water partition coefficient (Wildman–Crippen LogP) is 0.742. The molecule has 0 radical (unpaired) electrons. The number of fused-ring (bicyclic) bond motifs is 1. The number of aromatic nitrogens is 3. The Morgan fingerprint density at radius 2 is 2.11 bits per heavy atom. The second kappa shape index (κ2) is 3.59. The van der Waals surface area contributed by atoms with Crippen LogP contribution in [0.15, 0.2) is 33.6 Å². The number of hydrogen-bond acceptors (Lipinski definition) is 6.